The van der Waals surface area contributed by atoms with Gasteiger partial charge in [0.1, 0.15) is 0 Å². The Morgan fingerprint density at radius 2 is 2.00 bits per heavy atom. The first kappa shape index (κ1) is 12.5. The van der Waals surface area contributed by atoms with Gasteiger partial charge in [0.05, 0.1) is 12.8 Å². The molecule has 0 unspecified atom stereocenters. The monoisotopic (exact) mass is 270 g/mol. The largest absolute Gasteiger partial charge is 0.459 e. The number of hydrogen-bond acceptors (Lipinski definition) is 4. The minimum Gasteiger partial charge on any atom is -0.459 e. The van der Waals surface area contributed by atoms with Gasteiger partial charge in [0.25, 0.3) is 5.89 Å². The van der Waals surface area contributed by atoms with Crippen molar-refractivity contribution in [2.75, 3.05) is 0 Å². The molecule has 3 rings (SSSR count). The molecule has 20 heavy (non-hydrogen) atoms. The third-order valence-electron chi connectivity index (χ3n) is 3.15. The maximum atomic E-state index is 11.8. The Hall–Kier alpha value is -2.56. The molecule has 3 aromatic rings. The van der Waals surface area contributed by atoms with Crippen molar-refractivity contribution in [3.8, 4) is 11.7 Å². The summed E-state index contributed by atoms with van der Waals surface area (Å²) in [6.45, 7) is 2.51. The lowest BCUT2D eigenvalue weighted by Crippen LogP contribution is -2.19. The lowest BCUT2D eigenvalue weighted by molar-refractivity contribution is 0.454. The molecule has 2 aromatic heterocycles. The van der Waals surface area contributed by atoms with Crippen molar-refractivity contribution in [1.82, 2.24) is 9.78 Å². The van der Waals surface area contributed by atoms with Crippen molar-refractivity contribution < 1.29 is 8.83 Å². The van der Waals surface area contributed by atoms with Crippen LogP contribution in [0.2, 0.25) is 0 Å². The van der Waals surface area contributed by atoms with Gasteiger partial charge < -0.3 is 8.83 Å². The van der Waals surface area contributed by atoms with Crippen LogP contribution in [0, 0.1) is 0 Å². The van der Waals surface area contributed by atoms with E-state index in [1.54, 1.807) is 12.1 Å². The van der Waals surface area contributed by atoms with Crippen LogP contribution in [0.5, 0.6) is 0 Å². The molecule has 0 aliphatic rings. The van der Waals surface area contributed by atoms with Crippen LogP contribution in [0.1, 0.15) is 18.4 Å². The fourth-order valence-electron chi connectivity index (χ4n) is 2.07. The standard InChI is InChI=1S/C15H14N2O3/c1-11(12-6-3-2-4-7-12)10-17-15(18)20-14(16-17)13-8-5-9-19-13/h2-9,11H,10H2,1H3/t11-/m0/s1. The Labute approximate surface area is 115 Å². The van der Waals surface area contributed by atoms with E-state index in [9.17, 15) is 4.79 Å². The average molecular weight is 270 g/mol. The predicted molar refractivity (Wildman–Crippen MR) is 73.3 cm³/mol. The molecule has 0 aliphatic carbocycles. The van der Waals surface area contributed by atoms with E-state index in [2.05, 4.69) is 5.10 Å². The Balaban J connectivity index is 1.83. The summed E-state index contributed by atoms with van der Waals surface area (Å²) in [5, 5.41) is 4.16. The lowest BCUT2D eigenvalue weighted by Gasteiger charge is -2.09. The first-order valence-corrected chi connectivity index (χ1v) is 6.41. The van der Waals surface area contributed by atoms with Crippen molar-refractivity contribution in [1.29, 1.82) is 0 Å². The molecule has 1 atom stereocenters. The first-order chi connectivity index (χ1) is 9.74. The Morgan fingerprint density at radius 1 is 1.20 bits per heavy atom. The summed E-state index contributed by atoms with van der Waals surface area (Å²) in [5.41, 5.74) is 1.15. The minimum absolute atomic E-state index is 0.170. The SMILES string of the molecule is C[C@@H](Cn1nc(-c2ccco2)oc1=O)c1ccccc1. The summed E-state index contributed by atoms with van der Waals surface area (Å²) in [7, 11) is 0. The van der Waals surface area contributed by atoms with Crippen LogP contribution >= 0.6 is 0 Å². The Kier molecular flexibility index (Phi) is 3.25. The van der Waals surface area contributed by atoms with Gasteiger partial charge in [-0.05, 0) is 17.7 Å². The van der Waals surface area contributed by atoms with E-state index in [-0.39, 0.29) is 11.8 Å². The normalized spacial score (nSPS) is 12.4. The fourth-order valence-corrected chi connectivity index (χ4v) is 2.07. The highest BCUT2D eigenvalue weighted by Crippen LogP contribution is 2.18. The van der Waals surface area contributed by atoms with Crippen LogP contribution in [0.15, 0.2) is 62.4 Å². The van der Waals surface area contributed by atoms with Gasteiger partial charge in [0.2, 0.25) is 0 Å². The van der Waals surface area contributed by atoms with E-state index in [1.807, 2.05) is 37.3 Å². The van der Waals surface area contributed by atoms with Crippen LogP contribution in [-0.4, -0.2) is 9.78 Å². The molecule has 5 heteroatoms. The topological polar surface area (TPSA) is 61.2 Å². The third-order valence-corrected chi connectivity index (χ3v) is 3.15. The van der Waals surface area contributed by atoms with E-state index in [4.69, 9.17) is 8.83 Å². The first-order valence-electron chi connectivity index (χ1n) is 6.41. The molecule has 0 bridgehead atoms. The van der Waals surface area contributed by atoms with Crippen molar-refractivity contribution >= 4 is 0 Å². The second-order valence-corrected chi connectivity index (χ2v) is 4.64. The summed E-state index contributed by atoms with van der Waals surface area (Å²) < 4.78 is 11.6. The zero-order valence-corrected chi connectivity index (χ0v) is 11.0. The molecular weight excluding hydrogens is 256 g/mol. The van der Waals surface area contributed by atoms with Crippen LogP contribution < -0.4 is 5.76 Å². The van der Waals surface area contributed by atoms with Gasteiger partial charge in [0.15, 0.2) is 5.76 Å². The van der Waals surface area contributed by atoms with Gasteiger partial charge in [-0.1, -0.05) is 37.3 Å². The maximum Gasteiger partial charge on any atom is 0.437 e. The number of hydrogen-bond donors (Lipinski definition) is 0. The number of rotatable bonds is 4. The second-order valence-electron chi connectivity index (χ2n) is 4.64. The number of nitrogens with zero attached hydrogens (tertiary/aromatic N) is 2. The van der Waals surface area contributed by atoms with Gasteiger partial charge in [-0.3, -0.25) is 0 Å². The average Bonchev–Trinajstić information content (AvgIpc) is 3.10. The number of furan rings is 1. The van der Waals surface area contributed by atoms with Crippen molar-refractivity contribution in [3.63, 3.8) is 0 Å². The van der Waals surface area contributed by atoms with Gasteiger partial charge in [0, 0.05) is 5.92 Å². The molecule has 102 valence electrons. The molecule has 0 fully saturated rings. The van der Waals surface area contributed by atoms with E-state index in [0.717, 1.165) is 5.56 Å². The van der Waals surface area contributed by atoms with Crippen LogP contribution in [0.3, 0.4) is 0 Å². The highest BCUT2D eigenvalue weighted by atomic mass is 16.4. The van der Waals surface area contributed by atoms with Crippen molar-refractivity contribution in [2.24, 2.45) is 0 Å². The maximum absolute atomic E-state index is 11.8. The zero-order valence-electron chi connectivity index (χ0n) is 11.0. The van der Waals surface area contributed by atoms with E-state index < -0.39 is 5.76 Å². The van der Waals surface area contributed by atoms with E-state index >= 15 is 0 Å². The molecule has 0 spiro atoms. The van der Waals surface area contributed by atoms with Crippen molar-refractivity contribution in [3.05, 3.63) is 64.8 Å². The molecule has 0 saturated heterocycles. The Bertz CT molecular complexity index is 726. The van der Waals surface area contributed by atoms with E-state index in [0.29, 0.717) is 12.3 Å². The summed E-state index contributed by atoms with van der Waals surface area (Å²) in [6.07, 6.45) is 1.51. The van der Waals surface area contributed by atoms with Crippen LogP contribution in [0.25, 0.3) is 11.7 Å². The highest BCUT2D eigenvalue weighted by Gasteiger charge is 2.15. The van der Waals surface area contributed by atoms with Crippen LogP contribution in [0.4, 0.5) is 0 Å². The molecule has 0 radical (unpaired) electrons. The molecule has 0 aliphatic heterocycles. The second kappa shape index (κ2) is 5.21. The van der Waals surface area contributed by atoms with Gasteiger partial charge >= 0.3 is 5.76 Å². The molecule has 0 N–H and O–H groups in total. The number of benzene rings is 1. The van der Waals surface area contributed by atoms with Crippen molar-refractivity contribution in [2.45, 2.75) is 19.4 Å². The summed E-state index contributed by atoms with van der Waals surface area (Å²) >= 11 is 0. The molecule has 0 saturated carbocycles. The quantitative estimate of drug-likeness (QED) is 0.731. The molecule has 5 nitrogen and oxygen atoms in total. The van der Waals surface area contributed by atoms with Gasteiger partial charge in [-0.25, -0.2) is 4.79 Å². The predicted octanol–water partition coefficient (Wildman–Crippen LogP) is 2.90. The summed E-state index contributed by atoms with van der Waals surface area (Å²) in [5.74, 6) is 0.358. The lowest BCUT2D eigenvalue weighted by atomic mass is 10.0. The summed E-state index contributed by atoms with van der Waals surface area (Å²) in [4.78, 5) is 11.8. The molecule has 2 heterocycles. The molecule has 0 amide bonds. The smallest absolute Gasteiger partial charge is 0.437 e. The molecule has 1 aromatic carbocycles. The molecular formula is C15H14N2O3. The highest BCUT2D eigenvalue weighted by molar-refractivity contribution is 5.42. The minimum atomic E-state index is -0.473. The van der Waals surface area contributed by atoms with Gasteiger partial charge in [-0.2, -0.15) is 4.68 Å². The Morgan fingerprint density at radius 3 is 2.70 bits per heavy atom. The number of aromatic nitrogens is 2. The van der Waals surface area contributed by atoms with Crippen LogP contribution in [-0.2, 0) is 6.54 Å². The van der Waals surface area contributed by atoms with Gasteiger partial charge in [-0.15, -0.1) is 5.10 Å². The zero-order chi connectivity index (χ0) is 13.9. The summed E-state index contributed by atoms with van der Waals surface area (Å²) in [6, 6.07) is 13.4. The fraction of sp³-hybridized carbons (Fsp3) is 0.200. The third kappa shape index (κ3) is 2.42. The van der Waals surface area contributed by atoms with E-state index in [1.165, 1.54) is 10.9 Å².